The summed E-state index contributed by atoms with van der Waals surface area (Å²) in [5.74, 6) is -0.0528. The van der Waals surface area contributed by atoms with Gasteiger partial charge in [-0.25, -0.2) is 0 Å². The Kier molecular flexibility index (Phi) is 5.11. The molecule has 0 saturated heterocycles. The van der Waals surface area contributed by atoms with Crippen LogP contribution in [0.3, 0.4) is 0 Å². The number of hydrogen-bond acceptors (Lipinski definition) is 2. The van der Waals surface area contributed by atoms with E-state index >= 15 is 0 Å². The second kappa shape index (κ2) is 6.59. The summed E-state index contributed by atoms with van der Waals surface area (Å²) in [6.07, 6.45) is 3.49. The van der Waals surface area contributed by atoms with Crippen LogP contribution in [0.4, 0.5) is 5.69 Å². The number of carbonyl (C=O) groups is 1. The molecule has 0 aliphatic carbocycles. The Morgan fingerprint density at radius 2 is 1.94 bits per heavy atom. The van der Waals surface area contributed by atoms with Crippen molar-refractivity contribution in [2.75, 3.05) is 5.32 Å². The number of nitrogens with two attached hydrogens (primary N) is 1. The van der Waals surface area contributed by atoms with Gasteiger partial charge in [0.05, 0.1) is 0 Å². The van der Waals surface area contributed by atoms with Gasteiger partial charge in [0.1, 0.15) is 5.84 Å². The highest BCUT2D eigenvalue weighted by Crippen LogP contribution is 2.12. The van der Waals surface area contributed by atoms with Gasteiger partial charge < -0.3 is 11.1 Å². The van der Waals surface area contributed by atoms with Gasteiger partial charge in [0.15, 0.2) is 0 Å². The lowest BCUT2D eigenvalue weighted by Gasteiger charge is -2.08. The van der Waals surface area contributed by atoms with Gasteiger partial charge in [-0.05, 0) is 37.1 Å². The van der Waals surface area contributed by atoms with Crippen LogP contribution in [0.1, 0.15) is 32.3 Å². The zero-order valence-electron chi connectivity index (χ0n) is 10.8. The number of amidine groups is 1. The molecule has 1 amide bonds. The molecule has 0 aliphatic heterocycles. The first-order valence-electron chi connectivity index (χ1n) is 6.03. The minimum Gasteiger partial charge on any atom is -0.384 e. The fourth-order valence-corrected chi connectivity index (χ4v) is 1.59. The minimum absolute atomic E-state index is 0.0213. The molecular formula is C14H19N3O. The Morgan fingerprint density at radius 3 is 2.39 bits per heavy atom. The Labute approximate surface area is 107 Å². The predicted molar refractivity (Wildman–Crippen MR) is 74.8 cm³/mol. The van der Waals surface area contributed by atoms with Gasteiger partial charge in [0.2, 0.25) is 0 Å². The Bertz CT molecular complexity index is 460. The molecule has 0 spiro atoms. The van der Waals surface area contributed by atoms with Gasteiger partial charge >= 0.3 is 0 Å². The standard InChI is InChI=1S/C14H19N3O/c1-3-5-10(4-2)14(18)17-12-8-6-11(7-9-12)13(15)16/h5-9H,3-4H2,1-2H3,(H3,15,16)(H,17,18)/b10-5+. The molecule has 0 radical (unpaired) electrons. The second-order valence-electron chi connectivity index (χ2n) is 3.94. The van der Waals surface area contributed by atoms with Crippen molar-refractivity contribution >= 4 is 17.4 Å². The number of hydrogen-bond donors (Lipinski definition) is 3. The van der Waals surface area contributed by atoms with E-state index in [1.54, 1.807) is 24.3 Å². The molecule has 18 heavy (non-hydrogen) atoms. The van der Waals surface area contributed by atoms with E-state index in [0.29, 0.717) is 17.7 Å². The lowest BCUT2D eigenvalue weighted by Crippen LogP contribution is -2.15. The van der Waals surface area contributed by atoms with E-state index in [-0.39, 0.29) is 11.7 Å². The van der Waals surface area contributed by atoms with Crippen LogP contribution >= 0.6 is 0 Å². The average Bonchev–Trinajstić information content (AvgIpc) is 2.36. The van der Waals surface area contributed by atoms with Gasteiger partial charge in [-0.1, -0.05) is 19.9 Å². The Balaban J connectivity index is 2.76. The lowest BCUT2D eigenvalue weighted by atomic mass is 10.1. The first-order valence-corrected chi connectivity index (χ1v) is 6.03. The number of amides is 1. The zero-order valence-corrected chi connectivity index (χ0v) is 10.8. The van der Waals surface area contributed by atoms with Crippen LogP contribution < -0.4 is 11.1 Å². The molecule has 1 rings (SSSR count). The summed E-state index contributed by atoms with van der Waals surface area (Å²) in [7, 11) is 0. The van der Waals surface area contributed by atoms with Gasteiger partial charge in [-0.15, -0.1) is 0 Å². The van der Waals surface area contributed by atoms with E-state index in [2.05, 4.69) is 5.32 Å². The smallest absolute Gasteiger partial charge is 0.251 e. The van der Waals surface area contributed by atoms with E-state index in [0.717, 1.165) is 12.0 Å². The largest absolute Gasteiger partial charge is 0.384 e. The topological polar surface area (TPSA) is 79.0 Å². The highest BCUT2D eigenvalue weighted by molar-refractivity contribution is 6.04. The maximum absolute atomic E-state index is 11.9. The van der Waals surface area contributed by atoms with Crippen molar-refractivity contribution < 1.29 is 4.79 Å². The van der Waals surface area contributed by atoms with Crippen LogP contribution in [0.15, 0.2) is 35.9 Å². The molecule has 0 aromatic heterocycles. The van der Waals surface area contributed by atoms with Crippen LogP contribution in [0.5, 0.6) is 0 Å². The minimum atomic E-state index is -0.0741. The zero-order chi connectivity index (χ0) is 13.5. The van der Waals surface area contributed by atoms with Crippen molar-refractivity contribution in [2.24, 2.45) is 5.73 Å². The SMILES string of the molecule is CC/C=C(\CC)C(=O)Nc1ccc(C(=N)N)cc1. The highest BCUT2D eigenvalue weighted by atomic mass is 16.1. The number of anilines is 1. The number of rotatable bonds is 5. The van der Waals surface area contributed by atoms with Gasteiger partial charge in [-0.2, -0.15) is 0 Å². The number of benzene rings is 1. The van der Waals surface area contributed by atoms with E-state index in [4.69, 9.17) is 11.1 Å². The number of carbonyl (C=O) groups excluding carboxylic acids is 1. The van der Waals surface area contributed by atoms with Crippen molar-refractivity contribution in [1.29, 1.82) is 5.41 Å². The highest BCUT2D eigenvalue weighted by Gasteiger charge is 2.07. The van der Waals surface area contributed by atoms with Crippen LogP contribution in [0.2, 0.25) is 0 Å². The number of nitrogens with one attached hydrogen (secondary N) is 2. The third kappa shape index (κ3) is 3.73. The van der Waals surface area contributed by atoms with Crippen molar-refractivity contribution in [3.8, 4) is 0 Å². The molecular weight excluding hydrogens is 226 g/mol. The van der Waals surface area contributed by atoms with Crippen molar-refractivity contribution in [2.45, 2.75) is 26.7 Å². The number of nitrogen functional groups attached to an aromatic ring is 1. The number of allylic oxidation sites excluding steroid dienone is 1. The van der Waals surface area contributed by atoms with E-state index in [9.17, 15) is 4.79 Å². The maximum atomic E-state index is 11.9. The second-order valence-corrected chi connectivity index (χ2v) is 3.94. The summed E-state index contributed by atoms with van der Waals surface area (Å²) in [4.78, 5) is 11.9. The van der Waals surface area contributed by atoms with E-state index in [1.165, 1.54) is 0 Å². The van der Waals surface area contributed by atoms with Crippen LogP contribution in [0.25, 0.3) is 0 Å². The van der Waals surface area contributed by atoms with Crippen LogP contribution in [-0.4, -0.2) is 11.7 Å². The summed E-state index contributed by atoms with van der Waals surface area (Å²) in [6, 6.07) is 6.92. The predicted octanol–water partition coefficient (Wildman–Crippen LogP) is 2.66. The first kappa shape index (κ1) is 14.0. The molecule has 1 aromatic rings. The monoisotopic (exact) mass is 245 g/mol. The fourth-order valence-electron chi connectivity index (χ4n) is 1.59. The summed E-state index contributed by atoms with van der Waals surface area (Å²) in [5, 5.41) is 10.1. The fraction of sp³-hybridized carbons (Fsp3) is 0.286. The average molecular weight is 245 g/mol. The van der Waals surface area contributed by atoms with Crippen molar-refractivity contribution in [3.63, 3.8) is 0 Å². The Hall–Kier alpha value is -2.10. The molecule has 0 atom stereocenters. The van der Waals surface area contributed by atoms with Crippen LogP contribution in [0, 0.1) is 5.41 Å². The molecule has 96 valence electrons. The maximum Gasteiger partial charge on any atom is 0.251 e. The summed E-state index contributed by atoms with van der Waals surface area (Å²) in [6.45, 7) is 3.96. The van der Waals surface area contributed by atoms with Crippen LogP contribution in [-0.2, 0) is 4.79 Å². The Morgan fingerprint density at radius 1 is 1.33 bits per heavy atom. The summed E-state index contributed by atoms with van der Waals surface area (Å²) in [5.41, 5.74) is 7.50. The van der Waals surface area contributed by atoms with E-state index in [1.807, 2.05) is 19.9 Å². The van der Waals surface area contributed by atoms with E-state index < -0.39 is 0 Å². The summed E-state index contributed by atoms with van der Waals surface area (Å²) >= 11 is 0. The first-order chi connectivity index (χ1) is 8.58. The van der Waals surface area contributed by atoms with Gasteiger partial charge in [-0.3, -0.25) is 10.2 Å². The molecule has 0 heterocycles. The molecule has 4 nitrogen and oxygen atoms in total. The molecule has 0 fully saturated rings. The molecule has 0 aliphatic rings. The molecule has 4 heteroatoms. The molecule has 1 aromatic carbocycles. The quantitative estimate of drug-likeness (QED) is 0.423. The lowest BCUT2D eigenvalue weighted by molar-refractivity contribution is -0.113. The molecule has 0 unspecified atom stereocenters. The summed E-state index contributed by atoms with van der Waals surface area (Å²) < 4.78 is 0. The van der Waals surface area contributed by atoms with Gasteiger partial charge in [0, 0.05) is 16.8 Å². The van der Waals surface area contributed by atoms with Gasteiger partial charge in [0.25, 0.3) is 5.91 Å². The molecule has 0 saturated carbocycles. The third-order valence-electron chi connectivity index (χ3n) is 2.58. The van der Waals surface area contributed by atoms with Crippen molar-refractivity contribution in [3.05, 3.63) is 41.5 Å². The van der Waals surface area contributed by atoms with Crippen molar-refractivity contribution in [1.82, 2.24) is 0 Å². The molecule has 0 bridgehead atoms. The third-order valence-corrected chi connectivity index (χ3v) is 2.58. The normalized spacial score (nSPS) is 11.1. The molecule has 4 N–H and O–H groups in total.